The van der Waals surface area contributed by atoms with Crippen molar-refractivity contribution in [1.82, 2.24) is 0 Å². The first kappa shape index (κ1) is 14.7. The lowest BCUT2D eigenvalue weighted by Gasteiger charge is -2.13. The van der Waals surface area contributed by atoms with E-state index >= 15 is 0 Å². The smallest absolute Gasteiger partial charge is 0.143 e. The Balaban J connectivity index is 1.79. The predicted molar refractivity (Wildman–Crippen MR) is 81.1 cm³/mol. The van der Waals surface area contributed by atoms with Gasteiger partial charge in [0.25, 0.3) is 0 Å². The van der Waals surface area contributed by atoms with E-state index in [9.17, 15) is 13.9 Å². The molecule has 1 N–H and O–H groups in total. The van der Waals surface area contributed by atoms with Crippen molar-refractivity contribution in [3.8, 4) is 0 Å². The van der Waals surface area contributed by atoms with E-state index in [4.69, 9.17) is 0 Å². The van der Waals surface area contributed by atoms with Crippen molar-refractivity contribution in [3.63, 3.8) is 0 Å². The highest BCUT2D eigenvalue weighted by atomic mass is 79.9. The lowest BCUT2D eigenvalue weighted by molar-refractivity contribution is 0.175. The molecule has 0 aromatic heterocycles. The van der Waals surface area contributed by atoms with Gasteiger partial charge in [-0.05, 0) is 57.9 Å². The molecule has 2 aromatic rings. The molecule has 0 spiro atoms. The van der Waals surface area contributed by atoms with Gasteiger partial charge in [0.05, 0.1) is 10.6 Å². The second kappa shape index (κ2) is 5.85. The van der Waals surface area contributed by atoms with Crippen LogP contribution in [0, 0.1) is 11.6 Å². The molecule has 0 radical (unpaired) electrons. The Kier molecular flexibility index (Phi) is 4.09. The van der Waals surface area contributed by atoms with Crippen LogP contribution in [-0.4, -0.2) is 5.11 Å². The Morgan fingerprint density at radius 2 is 1.76 bits per heavy atom. The molecule has 1 saturated carbocycles. The summed E-state index contributed by atoms with van der Waals surface area (Å²) < 4.78 is 27.8. The van der Waals surface area contributed by atoms with Crippen LogP contribution >= 0.6 is 15.9 Å². The summed E-state index contributed by atoms with van der Waals surface area (Å²) >= 11 is 3.04. The van der Waals surface area contributed by atoms with Gasteiger partial charge in [-0.15, -0.1) is 0 Å². The average Bonchev–Trinajstić information content (AvgIpc) is 3.32. The maximum Gasteiger partial charge on any atom is 0.143 e. The van der Waals surface area contributed by atoms with Crippen LogP contribution in [0.5, 0.6) is 0 Å². The van der Waals surface area contributed by atoms with Crippen molar-refractivity contribution < 1.29 is 13.9 Å². The van der Waals surface area contributed by atoms with Crippen LogP contribution < -0.4 is 0 Å². The zero-order valence-electron chi connectivity index (χ0n) is 11.3. The summed E-state index contributed by atoms with van der Waals surface area (Å²) in [4.78, 5) is 0. The molecule has 4 heteroatoms. The van der Waals surface area contributed by atoms with E-state index in [0.29, 0.717) is 11.5 Å². The molecule has 1 fully saturated rings. The Labute approximate surface area is 130 Å². The third kappa shape index (κ3) is 3.16. The van der Waals surface area contributed by atoms with Gasteiger partial charge in [-0.25, -0.2) is 8.78 Å². The Morgan fingerprint density at radius 1 is 1.10 bits per heavy atom. The minimum absolute atomic E-state index is 0.0835. The van der Waals surface area contributed by atoms with E-state index in [2.05, 4.69) is 15.9 Å². The van der Waals surface area contributed by atoms with Crippen LogP contribution in [0.2, 0.25) is 0 Å². The molecule has 0 bridgehead atoms. The van der Waals surface area contributed by atoms with Crippen LogP contribution in [0.1, 0.15) is 41.6 Å². The number of hydrogen-bond donors (Lipinski definition) is 1. The van der Waals surface area contributed by atoms with Crippen LogP contribution in [0.15, 0.2) is 40.9 Å². The van der Waals surface area contributed by atoms with E-state index < -0.39 is 17.7 Å². The summed E-state index contributed by atoms with van der Waals surface area (Å²) in [5.41, 5.74) is 1.85. The summed E-state index contributed by atoms with van der Waals surface area (Å²) in [5, 5.41) is 10.2. The fourth-order valence-corrected chi connectivity index (χ4v) is 2.85. The summed E-state index contributed by atoms with van der Waals surface area (Å²) in [6, 6.07) is 10.2. The van der Waals surface area contributed by atoms with Crippen LogP contribution in [0.3, 0.4) is 0 Å². The van der Waals surface area contributed by atoms with E-state index in [0.717, 1.165) is 0 Å². The zero-order chi connectivity index (χ0) is 15.0. The number of aliphatic hydroxyl groups excluding tert-OH is 1. The van der Waals surface area contributed by atoms with Gasteiger partial charge >= 0.3 is 0 Å². The number of benzene rings is 2. The van der Waals surface area contributed by atoms with Gasteiger partial charge in [-0.3, -0.25) is 0 Å². The summed E-state index contributed by atoms with van der Waals surface area (Å²) in [7, 11) is 0. The molecule has 0 heterocycles. The maximum atomic E-state index is 13.9. The first-order chi connectivity index (χ1) is 10.1. The quantitative estimate of drug-likeness (QED) is 0.777. The zero-order valence-corrected chi connectivity index (χ0v) is 12.9. The van der Waals surface area contributed by atoms with Gasteiger partial charge in [0.2, 0.25) is 0 Å². The SMILES string of the molecule is OC(Cc1c(F)ccc(Br)c1F)c1ccc(C2CC2)cc1. The molecular weight excluding hydrogens is 338 g/mol. The van der Waals surface area contributed by atoms with E-state index in [1.54, 1.807) is 0 Å². The highest BCUT2D eigenvalue weighted by Crippen LogP contribution is 2.40. The number of hydrogen-bond acceptors (Lipinski definition) is 1. The third-order valence-corrected chi connectivity index (χ3v) is 4.52. The molecule has 1 aliphatic rings. The number of halogens is 3. The molecule has 2 aromatic carbocycles. The van der Waals surface area contributed by atoms with Gasteiger partial charge < -0.3 is 5.11 Å². The summed E-state index contributed by atoms with van der Waals surface area (Å²) in [6.45, 7) is 0. The van der Waals surface area contributed by atoms with Crippen LogP contribution in [-0.2, 0) is 6.42 Å². The second-order valence-electron chi connectivity index (χ2n) is 5.48. The molecule has 1 atom stereocenters. The highest BCUT2D eigenvalue weighted by molar-refractivity contribution is 9.10. The monoisotopic (exact) mass is 352 g/mol. The molecule has 1 unspecified atom stereocenters. The van der Waals surface area contributed by atoms with E-state index in [1.165, 1.54) is 30.5 Å². The normalized spacial score (nSPS) is 16.0. The molecular formula is C17H15BrF2O. The fraction of sp³-hybridized carbons (Fsp3) is 0.294. The Bertz CT molecular complexity index is 651. The second-order valence-corrected chi connectivity index (χ2v) is 6.34. The summed E-state index contributed by atoms with van der Waals surface area (Å²) in [5.74, 6) is -0.635. The van der Waals surface area contributed by atoms with Crippen molar-refractivity contribution in [2.45, 2.75) is 31.3 Å². The maximum absolute atomic E-state index is 13.9. The Hall–Kier alpha value is -1.26. The van der Waals surface area contributed by atoms with Crippen molar-refractivity contribution in [2.24, 2.45) is 0 Å². The van der Waals surface area contributed by atoms with Gasteiger partial charge in [0, 0.05) is 12.0 Å². The third-order valence-electron chi connectivity index (χ3n) is 3.91. The highest BCUT2D eigenvalue weighted by Gasteiger charge is 2.23. The number of rotatable bonds is 4. The molecule has 21 heavy (non-hydrogen) atoms. The lowest BCUT2D eigenvalue weighted by Crippen LogP contribution is -2.06. The van der Waals surface area contributed by atoms with Gasteiger partial charge in [-0.2, -0.15) is 0 Å². The number of aliphatic hydroxyl groups is 1. The fourth-order valence-electron chi connectivity index (χ4n) is 2.47. The van der Waals surface area contributed by atoms with Crippen LogP contribution in [0.4, 0.5) is 8.78 Å². The van der Waals surface area contributed by atoms with Crippen LogP contribution in [0.25, 0.3) is 0 Å². The largest absolute Gasteiger partial charge is 0.388 e. The van der Waals surface area contributed by atoms with Gasteiger partial charge in [0.1, 0.15) is 11.6 Å². The van der Waals surface area contributed by atoms with Crippen molar-refractivity contribution in [2.75, 3.05) is 0 Å². The molecule has 3 rings (SSSR count). The topological polar surface area (TPSA) is 20.2 Å². The van der Waals surface area contributed by atoms with E-state index in [1.807, 2.05) is 24.3 Å². The molecule has 110 valence electrons. The molecule has 0 saturated heterocycles. The molecule has 0 amide bonds. The van der Waals surface area contributed by atoms with Crippen molar-refractivity contribution in [1.29, 1.82) is 0 Å². The summed E-state index contributed by atoms with van der Waals surface area (Å²) in [6.07, 6.45) is 1.43. The first-order valence-electron chi connectivity index (χ1n) is 6.96. The Morgan fingerprint density at radius 3 is 2.38 bits per heavy atom. The average molecular weight is 353 g/mol. The molecule has 1 aliphatic carbocycles. The van der Waals surface area contributed by atoms with E-state index in [-0.39, 0.29) is 16.5 Å². The predicted octanol–water partition coefficient (Wildman–Crippen LogP) is 4.88. The minimum Gasteiger partial charge on any atom is -0.388 e. The van der Waals surface area contributed by atoms with Gasteiger partial charge in [0.15, 0.2) is 0 Å². The van der Waals surface area contributed by atoms with Crippen molar-refractivity contribution in [3.05, 3.63) is 69.2 Å². The first-order valence-corrected chi connectivity index (χ1v) is 7.76. The standard InChI is InChI=1S/C17H15BrF2O/c18-14-7-8-15(19)13(17(14)20)9-16(21)12-5-3-11(4-6-12)10-1-2-10/h3-8,10,16,21H,1-2,9H2. The van der Waals surface area contributed by atoms with Crippen molar-refractivity contribution >= 4 is 15.9 Å². The molecule has 1 nitrogen and oxygen atoms in total. The lowest BCUT2D eigenvalue weighted by atomic mass is 9.99. The molecule has 0 aliphatic heterocycles. The van der Waals surface area contributed by atoms with Gasteiger partial charge in [-0.1, -0.05) is 24.3 Å². The minimum atomic E-state index is -0.920.